The molecule has 2 aromatic heterocycles. The number of benzene rings is 1. The minimum Gasteiger partial charge on any atom is -0.478 e. The lowest BCUT2D eigenvalue weighted by molar-refractivity contribution is -0.150. The zero-order valence-electron chi connectivity index (χ0n) is 14.9. The number of nitrogens with zero attached hydrogens (tertiary/aromatic N) is 3. The van der Waals surface area contributed by atoms with Gasteiger partial charge in [0.1, 0.15) is 5.75 Å². The van der Waals surface area contributed by atoms with Crippen LogP contribution in [-0.4, -0.2) is 39.6 Å². The molecule has 0 unspecified atom stereocenters. The van der Waals surface area contributed by atoms with Crippen LogP contribution in [0, 0.1) is 0 Å². The Balaban J connectivity index is 1.37. The summed E-state index contributed by atoms with van der Waals surface area (Å²) >= 11 is 5.88. The highest BCUT2D eigenvalue weighted by Crippen LogP contribution is 2.31. The molecule has 1 aromatic carbocycles. The molecular formula is C19H18ClN3O4. The van der Waals surface area contributed by atoms with Crippen LogP contribution in [0.4, 0.5) is 0 Å². The van der Waals surface area contributed by atoms with Crippen molar-refractivity contribution in [1.29, 1.82) is 0 Å². The fourth-order valence-electron chi connectivity index (χ4n) is 2.93. The molecule has 0 spiro atoms. The first kappa shape index (κ1) is 17.6. The Morgan fingerprint density at radius 2 is 2.00 bits per heavy atom. The number of carbonyl (C=O) groups is 1. The first-order valence-corrected chi connectivity index (χ1v) is 8.91. The standard InChI is InChI=1S/C19H18ClN3O4/c1-19(2,26-14-7-5-13(20)6-8-14)18(24)23-10-12(11-23)17-21-16(22-27-17)15-4-3-9-25-15/h3-9,12H,10-11H2,1-2H3. The van der Waals surface area contributed by atoms with Gasteiger partial charge in [-0.25, -0.2) is 0 Å². The van der Waals surface area contributed by atoms with Crippen LogP contribution in [0.3, 0.4) is 0 Å². The monoisotopic (exact) mass is 387 g/mol. The molecule has 7 nitrogen and oxygen atoms in total. The Hall–Kier alpha value is -2.80. The van der Waals surface area contributed by atoms with Crippen LogP contribution < -0.4 is 4.74 Å². The van der Waals surface area contributed by atoms with Gasteiger partial charge in [0.25, 0.3) is 5.91 Å². The second kappa shape index (κ2) is 6.74. The van der Waals surface area contributed by atoms with E-state index in [4.69, 9.17) is 25.3 Å². The van der Waals surface area contributed by atoms with E-state index in [0.717, 1.165) is 0 Å². The molecule has 0 atom stereocenters. The summed E-state index contributed by atoms with van der Waals surface area (Å²) in [4.78, 5) is 18.9. The van der Waals surface area contributed by atoms with E-state index in [1.165, 1.54) is 0 Å². The molecule has 1 amide bonds. The molecule has 0 saturated carbocycles. The lowest BCUT2D eigenvalue weighted by Crippen LogP contribution is -2.57. The number of likely N-dealkylation sites (tertiary alicyclic amines) is 1. The summed E-state index contributed by atoms with van der Waals surface area (Å²) < 4.78 is 16.4. The molecule has 1 saturated heterocycles. The van der Waals surface area contributed by atoms with Gasteiger partial charge in [-0.05, 0) is 50.2 Å². The van der Waals surface area contributed by atoms with Crippen molar-refractivity contribution in [2.45, 2.75) is 25.4 Å². The van der Waals surface area contributed by atoms with E-state index in [9.17, 15) is 4.79 Å². The summed E-state index contributed by atoms with van der Waals surface area (Å²) in [7, 11) is 0. The van der Waals surface area contributed by atoms with Gasteiger partial charge in [-0.1, -0.05) is 16.8 Å². The summed E-state index contributed by atoms with van der Waals surface area (Å²) in [5.41, 5.74) is -0.993. The zero-order valence-corrected chi connectivity index (χ0v) is 15.6. The third-order valence-electron chi connectivity index (χ3n) is 4.40. The number of aromatic nitrogens is 2. The van der Waals surface area contributed by atoms with Gasteiger partial charge in [0, 0.05) is 18.1 Å². The molecule has 140 valence electrons. The molecule has 27 heavy (non-hydrogen) atoms. The Morgan fingerprint density at radius 1 is 1.26 bits per heavy atom. The Bertz CT molecular complexity index is 928. The van der Waals surface area contributed by atoms with Gasteiger partial charge >= 0.3 is 0 Å². The molecule has 1 fully saturated rings. The van der Waals surface area contributed by atoms with Crippen LogP contribution in [0.1, 0.15) is 25.7 Å². The van der Waals surface area contributed by atoms with E-state index in [1.54, 1.807) is 61.4 Å². The van der Waals surface area contributed by atoms with E-state index in [2.05, 4.69) is 10.1 Å². The summed E-state index contributed by atoms with van der Waals surface area (Å²) in [5, 5.41) is 4.54. The van der Waals surface area contributed by atoms with Crippen molar-refractivity contribution in [2.75, 3.05) is 13.1 Å². The van der Waals surface area contributed by atoms with Crippen molar-refractivity contribution in [3.63, 3.8) is 0 Å². The maximum Gasteiger partial charge on any atom is 0.266 e. The van der Waals surface area contributed by atoms with Gasteiger partial charge < -0.3 is 18.6 Å². The lowest BCUT2D eigenvalue weighted by Gasteiger charge is -2.41. The molecule has 0 bridgehead atoms. The van der Waals surface area contributed by atoms with Crippen LogP contribution in [-0.2, 0) is 4.79 Å². The fraction of sp³-hybridized carbons (Fsp3) is 0.316. The van der Waals surface area contributed by atoms with E-state index in [-0.39, 0.29) is 11.8 Å². The Kier molecular flexibility index (Phi) is 4.39. The van der Waals surface area contributed by atoms with Gasteiger partial charge in [-0.3, -0.25) is 4.79 Å². The largest absolute Gasteiger partial charge is 0.478 e. The van der Waals surface area contributed by atoms with E-state index in [0.29, 0.717) is 41.3 Å². The predicted octanol–water partition coefficient (Wildman–Crippen LogP) is 3.77. The SMILES string of the molecule is CC(C)(Oc1ccc(Cl)cc1)C(=O)N1CC(c2nc(-c3ccco3)no2)C1. The van der Waals surface area contributed by atoms with E-state index in [1.807, 2.05) is 0 Å². The van der Waals surface area contributed by atoms with Crippen molar-refractivity contribution in [3.8, 4) is 17.3 Å². The summed E-state index contributed by atoms with van der Waals surface area (Å²) in [6.07, 6.45) is 1.55. The summed E-state index contributed by atoms with van der Waals surface area (Å²) in [6.45, 7) is 4.51. The van der Waals surface area contributed by atoms with Gasteiger partial charge in [0.15, 0.2) is 11.4 Å². The predicted molar refractivity (Wildman–Crippen MR) is 97.5 cm³/mol. The van der Waals surface area contributed by atoms with Crippen molar-refractivity contribution in [2.24, 2.45) is 0 Å². The van der Waals surface area contributed by atoms with Crippen molar-refractivity contribution in [3.05, 3.63) is 53.6 Å². The number of hydrogen-bond acceptors (Lipinski definition) is 6. The van der Waals surface area contributed by atoms with Crippen molar-refractivity contribution < 1.29 is 18.5 Å². The second-order valence-electron chi connectivity index (χ2n) is 6.91. The first-order chi connectivity index (χ1) is 12.9. The fourth-order valence-corrected chi connectivity index (χ4v) is 3.06. The molecule has 3 aromatic rings. The minimum absolute atomic E-state index is 0.0106. The first-order valence-electron chi connectivity index (χ1n) is 8.54. The smallest absolute Gasteiger partial charge is 0.266 e. The molecule has 1 aliphatic rings. The van der Waals surface area contributed by atoms with Crippen molar-refractivity contribution >= 4 is 17.5 Å². The van der Waals surface area contributed by atoms with Gasteiger partial charge in [-0.2, -0.15) is 4.98 Å². The molecule has 0 radical (unpaired) electrons. The highest BCUT2D eigenvalue weighted by Gasteiger charge is 2.42. The average molecular weight is 388 g/mol. The van der Waals surface area contributed by atoms with Crippen molar-refractivity contribution in [1.82, 2.24) is 15.0 Å². The second-order valence-corrected chi connectivity index (χ2v) is 7.34. The van der Waals surface area contributed by atoms with Gasteiger partial charge in [0.2, 0.25) is 11.7 Å². The number of ether oxygens (including phenoxy) is 1. The van der Waals surface area contributed by atoms with Crippen LogP contribution in [0.25, 0.3) is 11.6 Å². The molecule has 0 aliphatic carbocycles. The number of furan rings is 1. The normalized spacial score (nSPS) is 14.9. The quantitative estimate of drug-likeness (QED) is 0.662. The van der Waals surface area contributed by atoms with Crippen LogP contribution in [0.5, 0.6) is 5.75 Å². The number of halogens is 1. The number of rotatable bonds is 5. The third-order valence-corrected chi connectivity index (χ3v) is 4.65. The highest BCUT2D eigenvalue weighted by atomic mass is 35.5. The number of hydrogen-bond donors (Lipinski definition) is 0. The zero-order chi connectivity index (χ0) is 19.0. The Labute approximate surface area is 160 Å². The molecule has 0 N–H and O–H groups in total. The van der Waals surface area contributed by atoms with Crippen LogP contribution in [0.15, 0.2) is 51.6 Å². The molecule has 1 aliphatic heterocycles. The molecule has 8 heteroatoms. The van der Waals surface area contributed by atoms with Gasteiger partial charge in [-0.15, -0.1) is 0 Å². The topological polar surface area (TPSA) is 81.6 Å². The van der Waals surface area contributed by atoms with Crippen LogP contribution >= 0.6 is 11.6 Å². The van der Waals surface area contributed by atoms with E-state index < -0.39 is 5.60 Å². The summed E-state index contributed by atoms with van der Waals surface area (Å²) in [6, 6.07) is 10.5. The van der Waals surface area contributed by atoms with Crippen LogP contribution in [0.2, 0.25) is 5.02 Å². The van der Waals surface area contributed by atoms with E-state index >= 15 is 0 Å². The molecular weight excluding hydrogens is 370 g/mol. The van der Waals surface area contributed by atoms with Gasteiger partial charge in [0.05, 0.1) is 12.2 Å². The minimum atomic E-state index is -0.993. The number of amides is 1. The maximum absolute atomic E-state index is 12.8. The average Bonchev–Trinajstić information content (AvgIpc) is 3.26. The maximum atomic E-state index is 12.8. The number of carbonyl (C=O) groups excluding carboxylic acids is 1. The highest BCUT2D eigenvalue weighted by molar-refractivity contribution is 6.30. The summed E-state index contributed by atoms with van der Waals surface area (Å²) in [5.74, 6) is 1.97. The lowest BCUT2D eigenvalue weighted by atomic mass is 9.96. The molecule has 3 heterocycles. The Morgan fingerprint density at radius 3 is 2.67 bits per heavy atom. The third kappa shape index (κ3) is 3.55. The molecule has 4 rings (SSSR count).